The maximum absolute atomic E-state index is 6.09. The van der Waals surface area contributed by atoms with Gasteiger partial charge in [0.1, 0.15) is 12.4 Å². The first-order valence-electron chi connectivity index (χ1n) is 5.70. The second-order valence-electron chi connectivity index (χ2n) is 4.31. The van der Waals surface area contributed by atoms with E-state index in [1.165, 1.54) is 11.1 Å². The summed E-state index contributed by atoms with van der Waals surface area (Å²) in [7, 11) is 0. The Hall–Kier alpha value is -1.18. The molecule has 0 unspecified atom stereocenters. The molecular weight excluding hydrogens is 267 g/mol. The number of hydrogen-bond donors (Lipinski definition) is 0. The molecule has 0 atom stereocenters. The third-order valence-corrected chi connectivity index (χ3v) is 3.35. The summed E-state index contributed by atoms with van der Waals surface area (Å²) in [5, 5.41) is 1.26. The van der Waals surface area contributed by atoms with Crippen molar-refractivity contribution in [3.63, 3.8) is 0 Å². The first-order valence-corrected chi connectivity index (χ1v) is 6.46. The molecule has 0 amide bonds. The number of benzene rings is 2. The van der Waals surface area contributed by atoms with Crippen LogP contribution in [0.25, 0.3) is 0 Å². The Kier molecular flexibility index (Phi) is 4.15. The molecule has 2 rings (SSSR count). The molecule has 0 saturated carbocycles. The highest BCUT2D eigenvalue weighted by Gasteiger charge is 2.06. The molecule has 0 saturated heterocycles. The molecule has 18 heavy (non-hydrogen) atoms. The van der Waals surface area contributed by atoms with Gasteiger partial charge in [0.05, 0.1) is 0 Å². The van der Waals surface area contributed by atoms with Gasteiger partial charge in [0.25, 0.3) is 0 Å². The van der Waals surface area contributed by atoms with Gasteiger partial charge in [0.15, 0.2) is 0 Å². The molecule has 0 aliphatic carbocycles. The molecule has 0 bridgehead atoms. The SMILES string of the molecule is Cc1cc(C)cc(OCc2c(Cl)cccc2Cl)c1. The van der Waals surface area contributed by atoms with Crippen LogP contribution in [0.3, 0.4) is 0 Å². The largest absolute Gasteiger partial charge is 0.489 e. The maximum Gasteiger partial charge on any atom is 0.120 e. The van der Waals surface area contributed by atoms with Gasteiger partial charge in [0.2, 0.25) is 0 Å². The zero-order chi connectivity index (χ0) is 13.1. The lowest BCUT2D eigenvalue weighted by atomic mass is 10.1. The van der Waals surface area contributed by atoms with E-state index in [0.717, 1.165) is 11.3 Å². The molecular formula is C15H14Cl2O. The molecule has 0 N–H and O–H groups in total. The van der Waals surface area contributed by atoms with Crippen molar-refractivity contribution in [3.05, 3.63) is 63.1 Å². The summed E-state index contributed by atoms with van der Waals surface area (Å²) >= 11 is 12.2. The minimum Gasteiger partial charge on any atom is -0.489 e. The lowest BCUT2D eigenvalue weighted by Crippen LogP contribution is -1.98. The van der Waals surface area contributed by atoms with Crippen LogP contribution in [0, 0.1) is 13.8 Å². The molecule has 0 fully saturated rings. The third-order valence-electron chi connectivity index (χ3n) is 2.64. The van der Waals surface area contributed by atoms with Gasteiger partial charge in [-0.3, -0.25) is 0 Å². The van der Waals surface area contributed by atoms with Crippen molar-refractivity contribution in [2.24, 2.45) is 0 Å². The number of aryl methyl sites for hydroxylation is 2. The van der Waals surface area contributed by atoms with Gasteiger partial charge < -0.3 is 4.74 Å². The third kappa shape index (κ3) is 3.18. The fourth-order valence-corrected chi connectivity index (χ4v) is 2.35. The fourth-order valence-electron chi connectivity index (χ4n) is 1.84. The highest BCUT2D eigenvalue weighted by Crippen LogP contribution is 2.26. The molecule has 0 aromatic heterocycles. The zero-order valence-electron chi connectivity index (χ0n) is 10.3. The average Bonchev–Trinajstić information content (AvgIpc) is 2.27. The monoisotopic (exact) mass is 280 g/mol. The van der Waals surface area contributed by atoms with E-state index >= 15 is 0 Å². The van der Waals surface area contributed by atoms with Crippen LogP contribution in [-0.4, -0.2) is 0 Å². The Balaban J connectivity index is 2.16. The lowest BCUT2D eigenvalue weighted by Gasteiger charge is -2.10. The fraction of sp³-hybridized carbons (Fsp3) is 0.200. The number of ether oxygens (including phenoxy) is 1. The van der Waals surface area contributed by atoms with Gasteiger partial charge in [0, 0.05) is 15.6 Å². The molecule has 2 aromatic rings. The normalized spacial score (nSPS) is 10.4. The second-order valence-corrected chi connectivity index (χ2v) is 5.13. The van der Waals surface area contributed by atoms with Crippen LogP contribution < -0.4 is 4.74 Å². The highest BCUT2D eigenvalue weighted by atomic mass is 35.5. The second kappa shape index (κ2) is 5.64. The van der Waals surface area contributed by atoms with Gasteiger partial charge in [-0.05, 0) is 49.2 Å². The predicted molar refractivity (Wildman–Crippen MR) is 76.7 cm³/mol. The van der Waals surface area contributed by atoms with Gasteiger partial charge in [-0.2, -0.15) is 0 Å². The van der Waals surface area contributed by atoms with E-state index in [4.69, 9.17) is 27.9 Å². The van der Waals surface area contributed by atoms with Crippen LogP contribution >= 0.6 is 23.2 Å². The van der Waals surface area contributed by atoms with Crippen LogP contribution in [0.15, 0.2) is 36.4 Å². The van der Waals surface area contributed by atoms with Crippen LogP contribution in [0.2, 0.25) is 10.0 Å². The van der Waals surface area contributed by atoms with Crippen molar-refractivity contribution in [1.29, 1.82) is 0 Å². The van der Waals surface area contributed by atoms with Crippen molar-refractivity contribution in [2.75, 3.05) is 0 Å². The van der Waals surface area contributed by atoms with Crippen molar-refractivity contribution in [3.8, 4) is 5.75 Å². The Morgan fingerprint density at radius 3 is 2.06 bits per heavy atom. The number of rotatable bonds is 3. The van der Waals surface area contributed by atoms with E-state index in [1.54, 1.807) is 0 Å². The average molecular weight is 281 g/mol. The quantitative estimate of drug-likeness (QED) is 0.752. The van der Waals surface area contributed by atoms with Crippen LogP contribution in [0.5, 0.6) is 5.75 Å². The Morgan fingerprint density at radius 1 is 0.944 bits per heavy atom. The standard InChI is InChI=1S/C15H14Cl2O/c1-10-6-11(2)8-12(7-10)18-9-13-14(16)4-3-5-15(13)17/h3-8H,9H2,1-2H3. The molecule has 0 aliphatic heterocycles. The number of halogens is 2. The highest BCUT2D eigenvalue weighted by molar-refractivity contribution is 6.35. The molecule has 1 nitrogen and oxygen atoms in total. The summed E-state index contributed by atoms with van der Waals surface area (Å²) in [5.74, 6) is 0.837. The topological polar surface area (TPSA) is 9.23 Å². The first kappa shape index (κ1) is 13.3. The Bertz CT molecular complexity index is 524. The van der Waals surface area contributed by atoms with Crippen molar-refractivity contribution in [1.82, 2.24) is 0 Å². The minimum absolute atomic E-state index is 0.376. The Morgan fingerprint density at radius 2 is 1.50 bits per heavy atom. The van der Waals surface area contributed by atoms with E-state index in [2.05, 4.69) is 6.07 Å². The van der Waals surface area contributed by atoms with E-state index in [1.807, 2.05) is 44.2 Å². The summed E-state index contributed by atoms with van der Waals surface area (Å²) in [5.41, 5.74) is 3.17. The van der Waals surface area contributed by atoms with Crippen molar-refractivity contribution < 1.29 is 4.74 Å². The minimum atomic E-state index is 0.376. The van der Waals surface area contributed by atoms with Gasteiger partial charge in [-0.25, -0.2) is 0 Å². The van der Waals surface area contributed by atoms with E-state index in [9.17, 15) is 0 Å². The van der Waals surface area contributed by atoms with Crippen molar-refractivity contribution >= 4 is 23.2 Å². The summed E-state index contributed by atoms with van der Waals surface area (Å²) in [6.45, 7) is 4.46. The molecule has 94 valence electrons. The van der Waals surface area contributed by atoms with Gasteiger partial charge >= 0.3 is 0 Å². The smallest absolute Gasteiger partial charge is 0.120 e. The van der Waals surface area contributed by atoms with Gasteiger partial charge in [-0.15, -0.1) is 0 Å². The summed E-state index contributed by atoms with van der Waals surface area (Å²) in [4.78, 5) is 0. The molecule has 0 aliphatic rings. The summed E-state index contributed by atoms with van der Waals surface area (Å²) in [6, 6.07) is 11.6. The molecule has 2 aromatic carbocycles. The number of hydrogen-bond acceptors (Lipinski definition) is 1. The summed E-state index contributed by atoms with van der Waals surface area (Å²) in [6.07, 6.45) is 0. The van der Waals surface area contributed by atoms with Crippen LogP contribution in [0.1, 0.15) is 16.7 Å². The van der Waals surface area contributed by atoms with Crippen LogP contribution in [-0.2, 0) is 6.61 Å². The molecule has 0 spiro atoms. The van der Waals surface area contributed by atoms with E-state index in [0.29, 0.717) is 16.7 Å². The molecule has 0 radical (unpaired) electrons. The van der Waals surface area contributed by atoms with Gasteiger partial charge in [-0.1, -0.05) is 35.3 Å². The first-order chi connectivity index (χ1) is 8.56. The Labute approximate surface area is 117 Å². The molecule has 3 heteroatoms. The lowest BCUT2D eigenvalue weighted by molar-refractivity contribution is 0.306. The maximum atomic E-state index is 6.09. The van der Waals surface area contributed by atoms with E-state index in [-0.39, 0.29) is 0 Å². The predicted octanol–water partition coefficient (Wildman–Crippen LogP) is 5.19. The van der Waals surface area contributed by atoms with Crippen LogP contribution in [0.4, 0.5) is 0 Å². The summed E-state index contributed by atoms with van der Waals surface area (Å²) < 4.78 is 5.75. The molecule has 0 heterocycles. The zero-order valence-corrected chi connectivity index (χ0v) is 11.8. The van der Waals surface area contributed by atoms with E-state index < -0.39 is 0 Å². The van der Waals surface area contributed by atoms with Crippen molar-refractivity contribution in [2.45, 2.75) is 20.5 Å².